The highest BCUT2D eigenvalue weighted by atomic mass is 127. The van der Waals surface area contributed by atoms with Crippen LogP contribution in [0.15, 0.2) is 29.4 Å². The van der Waals surface area contributed by atoms with Gasteiger partial charge < -0.3 is 20.7 Å². The minimum atomic E-state index is -0.122. The molecular formula is C20H31IN4O. The molecule has 1 aliphatic rings. The maximum absolute atomic E-state index is 9.64. The first-order chi connectivity index (χ1) is 12.2. The lowest BCUT2D eigenvalue weighted by Gasteiger charge is -2.27. The van der Waals surface area contributed by atoms with Crippen molar-refractivity contribution < 1.29 is 5.11 Å². The van der Waals surface area contributed by atoms with Crippen LogP contribution < -0.4 is 10.6 Å². The number of H-pyrrole nitrogens is 1. The smallest absolute Gasteiger partial charge is 0.191 e. The molecule has 5 nitrogen and oxygen atoms in total. The van der Waals surface area contributed by atoms with Gasteiger partial charge in [0.1, 0.15) is 0 Å². The van der Waals surface area contributed by atoms with Gasteiger partial charge in [-0.1, -0.05) is 12.1 Å². The standard InChI is InChI=1S/C20H30N4O.HI/c1-3-21-20(24-16-5-7-17(25)8-6-16)22-11-10-15-13-23-19-12-14(2)4-9-18(15)19;/h4,9,12-13,16-17,23,25H,3,5-8,10-11H2,1-2H3,(H2,21,22,24);1H. The molecule has 0 amide bonds. The number of aromatic nitrogens is 1. The van der Waals surface area contributed by atoms with Crippen molar-refractivity contribution in [3.05, 3.63) is 35.5 Å². The van der Waals surface area contributed by atoms with Crippen LogP contribution in [0.2, 0.25) is 0 Å². The van der Waals surface area contributed by atoms with E-state index >= 15 is 0 Å². The van der Waals surface area contributed by atoms with Gasteiger partial charge >= 0.3 is 0 Å². The topological polar surface area (TPSA) is 72.4 Å². The molecule has 3 rings (SSSR count). The van der Waals surface area contributed by atoms with Crippen LogP contribution in [-0.2, 0) is 6.42 Å². The van der Waals surface area contributed by atoms with Crippen molar-refractivity contribution in [1.29, 1.82) is 0 Å². The van der Waals surface area contributed by atoms with Crippen LogP contribution in [0.25, 0.3) is 10.9 Å². The van der Waals surface area contributed by atoms with Crippen molar-refractivity contribution >= 4 is 40.8 Å². The minimum absolute atomic E-state index is 0. The number of halogens is 1. The average molecular weight is 470 g/mol. The largest absolute Gasteiger partial charge is 0.393 e. The summed E-state index contributed by atoms with van der Waals surface area (Å²) in [6.45, 7) is 5.81. The average Bonchev–Trinajstić information content (AvgIpc) is 2.99. The molecule has 1 saturated carbocycles. The lowest BCUT2D eigenvalue weighted by Crippen LogP contribution is -2.45. The second kappa shape index (κ2) is 10.2. The Hall–Kier alpha value is -1.28. The molecule has 4 N–H and O–H groups in total. The summed E-state index contributed by atoms with van der Waals surface area (Å²) >= 11 is 0. The van der Waals surface area contributed by atoms with Gasteiger partial charge in [0.2, 0.25) is 0 Å². The number of fused-ring (bicyclic) bond motifs is 1. The Morgan fingerprint density at radius 3 is 2.77 bits per heavy atom. The van der Waals surface area contributed by atoms with Crippen molar-refractivity contribution in [2.45, 2.75) is 58.1 Å². The Morgan fingerprint density at radius 2 is 2.04 bits per heavy atom. The first-order valence-corrected chi connectivity index (χ1v) is 9.45. The van der Waals surface area contributed by atoms with Crippen molar-refractivity contribution in [2.75, 3.05) is 13.1 Å². The van der Waals surface area contributed by atoms with Crippen LogP contribution in [-0.4, -0.2) is 41.3 Å². The van der Waals surface area contributed by atoms with Crippen LogP contribution in [0.3, 0.4) is 0 Å². The van der Waals surface area contributed by atoms with E-state index in [1.807, 2.05) is 0 Å². The Kier molecular flexibility index (Phi) is 8.21. The number of benzene rings is 1. The van der Waals surface area contributed by atoms with Crippen molar-refractivity contribution in [2.24, 2.45) is 4.99 Å². The number of rotatable bonds is 5. The quantitative estimate of drug-likeness (QED) is 0.307. The van der Waals surface area contributed by atoms with Crippen molar-refractivity contribution in [3.8, 4) is 0 Å². The second-order valence-corrected chi connectivity index (χ2v) is 7.02. The van der Waals surface area contributed by atoms with E-state index in [1.165, 1.54) is 22.0 Å². The Labute approximate surface area is 173 Å². The molecule has 2 aromatic rings. The van der Waals surface area contributed by atoms with Crippen LogP contribution in [0.1, 0.15) is 43.7 Å². The number of guanidine groups is 1. The molecule has 6 heteroatoms. The van der Waals surface area contributed by atoms with Gasteiger partial charge in [-0.15, -0.1) is 24.0 Å². The summed E-state index contributed by atoms with van der Waals surface area (Å²) in [6.07, 6.45) is 6.67. The zero-order valence-electron chi connectivity index (χ0n) is 15.7. The summed E-state index contributed by atoms with van der Waals surface area (Å²) in [7, 11) is 0. The van der Waals surface area contributed by atoms with E-state index in [0.717, 1.165) is 51.2 Å². The molecule has 26 heavy (non-hydrogen) atoms. The van der Waals surface area contributed by atoms with E-state index in [1.54, 1.807) is 0 Å². The molecular weight excluding hydrogens is 439 g/mol. The zero-order valence-corrected chi connectivity index (χ0v) is 18.0. The monoisotopic (exact) mass is 470 g/mol. The number of aliphatic imine (C=N–C) groups is 1. The lowest BCUT2D eigenvalue weighted by atomic mass is 9.93. The third kappa shape index (κ3) is 5.61. The molecule has 144 valence electrons. The summed E-state index contributed by atoms with van der Waals surface area (Å²) in [4.78, 5) is 8.10. The molecule has 1 aromatic heterocycles. The number of nitrogens with zero attached hydrogens (tertiary/aromatic N) is 1. The van der Waals surface area contributed by atoms with Crippen LogP contribution in [0.5, 0.6) is 0 Å². The van der Waals surface area contributed by atoms with Gasteiger partial charge in [-0.05, 0) is 63.1 Å². The van der Waals surface area contributed by atoms with E-state index in [2.05, 4.69) is 53.9 Å². The number of nitrogens with one attached hydrogen (secondary N) is 3. The molecule has 0 bridgehead atoms. The SMILES string of the molecule is CCNC(=NCCc1c[nH]c2cc(C)ccc12)NC1CCC(O)CC1.I. The number of aryl methyl sites for hydroxylation is 1. The Morgan fingerprint density at radius 1 is 1.27 bits per heavy atom. The van der Waals surface area contributed by atoms with Crippen LogP contribution in [0.4, 0.5) is 0 Å². The summed E-state index contributed by atoms with van der Waals surface area (Å²) in [6, 6.07) is 6.95. The van der Waals surface area contributed by atoms with Crippen molar-refractivity contribution in [1.82, 2.24) is 15.6 Å². The highest BCUT2D eigenvalue weighted by molar-refractivity contribution is 14.0. The first-order valence-electron chi connectivity index (χ1n) is 9.45. The molecule has 1 aromatic carbocycles. The fourth-order valence-electron chi connectivity index (χ4n) is 3.53. The summed E-state index contributed by atoms with van der Waals surface area (Å²) in [5.41, 5.74) is 3.79. The third-order valence-electron chi connectivity index (χ3n) is 4.96. The predicted molar refractivity (Wildman–Crippen MR) is 120 cm³/mol. The van der Waals surface area contributed by atoms with Gasteiger partial charge in [0.05, 0.1) is 6.10 Å². The van der Waals surface area contributed by atoms with Gasteiger partial charge in [0, 0.05) is 36.2 Å². The number of aliphatic hydroxyl groups excluding tert-OH is 1. The van der Waals surface area contributed by atoms with E-state index in [9.17, 15) is 5.11 Å². The number of hydrogen-bond donors (Lipinski definition) is 4. The normalized spacial score (nSPS) is 20.7. The zero-order chi connectivity index (χ0) is 17.6. The first kappa shape index (κ1) is 21.0. The summed E-state index contributed by atoms with van der Waals surface area (Å²) < 4.78 is 0. The Bertz CT molecular complexity index is 720. The fraction of sp³-hybridized carbons (Fsp3) is 0.550. The van der Waals surface area contributed by atoms with Gasteiger partial charge in [-0.3, -0.25) is 4.99 Å². The summed E-state index contributed by atoms with van der Waals surface area (Å²) in [5, 5.41) is 17.8. The number of aliphatic hydroxyl groups is 1. The third-order valence-corrected chi connectivity index (χ3v) is 4.96. The van der Waals surface area contributed by atoms with E-state index in [0.29, 0.717) is 6.04 Å². The van der Waals surface area contributed by atoms with E-state index in [-0.39, 0.29) is 30.1 Å². The van der Waals surface area contributed by atoms with Crippen molar-refractivity contribution in [3.63, 3.8) is 0 Å². The maximum atomic E-state index is 9.64. The molecule has 0 aliphatic heterocycles. The molecule has 0 spiro atoms. The molecule has 1 fully saturated rings. The van der Waals surface area contributed by atoms with Gasteiger partial charge in [-0.25, -0.2) is 0 Å². The minimum Gasteiger partial charge on any atom is -0.393 e. The summed E-state index contributed by atoms with van der Waals surface area (Å²) in [5.74, 6) is 0.888. The number of aromatic amines is 1. The van der Waals surface area contributed by atoms with Crippen LogP contribution >= 0.6 is 24.0 Å². The van der Waals surface area contributed by atoms with Crippen LogP contribution in [0, 0.1) is 6.92 Å². The van der Waals surface area contributed by atoms with Gasteiger partial charge in [0.25, 0.3) is 0 Å². The molecule has 0 saturated heterocycles. The second-order valence-electron chi connectivity index (χ2n) is 7.02. The number of hydrogen-bond acceptors (Lipinski definition) is 2. The van der Waals surface area contributed by atoms with E-state index < -0.39 is 0 Å². The molecule has 0 radical (unpaired) electrons. The highest BCUT2D eigenvalue weighted by Gasteiger charge is 2.19. The lowest BCUT2D eigenvalue weighted by molar-refractivity contribution is 0.120. The molecule has 0 atom stereocenters. The fourth-order valence-corrected chi connectivity index (χ4v) is 3.53. The molecule has 0 unspecified atom stereocenters. The highest BCUT2D eigenvalue weighted by Crippen LogP contribution is 2.20. The van der Waals surface area contributed by atoms with Gasteiger partial charge in [-0.2, -0.15) is 0 Å². The Balaban J connectivity index is 0.00000243. The molecule has 1 heterocycles. The maximum Gasteiger partial charge on any atom is 0.191 e. The predicted octanol–water partition coefficient (Wildman–Crippen LogP) is 3.50. The van der Waals surface area contributed by atoms with E-state index in [4.69, 9.17) is 4.99 Å². The van der Waals surface area contributed by atoms with Gasteiger partial charge in [0.15, 0.2) is 5.96 Å². The molecule has 1 aliphatic carbocycles.